The van der Waals surface area contributed by atoms with E-state index in [4.69, 9.17) is 32.4 Å². The predicted molar refractivity (Wildman–Crippen MR) is 106 cm³/mol. The highest BCUT2D eigenvalue weighted by molar-refractivity contribution is 6.34. The third kappa shape index (κ3) is 4.81. The maximum Gasteiger partial charge on any atom is 0.189 e. The SMILES string of the molecule is CCn1cc(C(=O)/C=C/c2ccc(COc3cc(Cl)ccc3Cl)o2)c(C)n1. The van der Waals surface area contributed by atoms with Crippen LogP contribution in [0.25, 0.3) is 6.08 Å². The van der Waals surface area contributed by atoms with Crippen molar-refractivity contribution in [3.8, 4) is 5.75 Å². The number of ketones is 1. The second-order valence-electron chi connectivity index (χ2n) is 5.85. The summed E-state index contributed by atoms with van der Waals surface area (Å²) in [4.78, 5) is 12.3. The third-order valence-electron chi connectivity index (χ3n) is 3.88. The van der Waals surface area contributed by atoms with Gasteiger partial charge in [0.1, 0.15) is 23.9 Å². The maximum atomic E-state index is 12.3. The van der Waals surface area contributed by atoms with Crippen molar-refractivity contribution in [2.75, 3.05) is 0 Å². The molecule has 3 aromatic rings. The molecule has 0 spiro atoms. The monoisotopic (exact) mass is 404 g/mol. The van der Waals surface area contributed by atoms with Crippen molar-refractivity contribution in [3.05, 3.63) is 75.4 Å². The van der Waals surface area contributed by atoms with Gasteiger partial charge in [0, 0.05) is 23.8 Å². The molecule has 0 aliphatic heterocycles. The minimum Gasteiger partial charge on any atom is -0.484 e. The van der Waals surface area contributed by atoms with Crippen LogP contribution < -0.4 is 4.74 Å². The van der Waals surface area contributed by atoms with Crippen LogP contribution in [0.3, 0.4) is 0 Å². The second-order valence-corrected chi connectivity index (χ2v) is 6.69. The van der Waals surface area contributed by atoms with Gasteiger partial charge in [0.2, 0.25) is 0 Å². The molecule has 0 unspecified atom stereocenters. The fourth-order valence-corrected chi connectivity index (χ4v) is 2.80. The van der Waals surface area contributed by atoms with Gasteiger partial charge in [-0.2, -0.15) is 5.10 Å². The Hall–Kier alpha value is -2.50. The average molecular weight is 405 g/mol. The summed E-state index contributed by atoms with van der Waals surface area (Å²) in [6.07, 6.45) is 4.85. The number of aryl methyl sites for hydroxylation is 2. The summed E-state index contributed by atoms with van der Waals surface area (Å²) < 4.78 is 13.0. The number of allylic oxidation sites excluding steroid dienone is 1. The molecule has 2 aromatic heterocycles. The summed E-state index contributed by atoms with van der Waals surface area (Å²) in [5.41, 5.74) is 1.29. The van der Waals surface area contributed by atoms with Crippen LogP contribution in [0.2, 0.25) is 10.0 Å². The summed E-state index contributed by atoms with van der Waals surface area (Å²) in [6, 6.07) is 8.55. The van der Waals surface area contributed by atoms with Crippen molar-refractivity contribution in [2.45, 2.75) is 27.0 Å². The van der Waals surface area contributed by atoms with E-state index in [0.717, 1.165) is 6.54 Å². The molecule has 0 fully saturated rings. The van der Waals surface area contributed by atoms with Crippen LogP contribution in [-0.2, 0) is 13.2 Å². The zero-order valence-electron chi connectivity index (χ0n) is 14.9. The average Bonchev–Trinajstić information content (AvgIpc) is 3.26. The molecule has 0 saturated heterocycles. The lowest BCUT2D eigenvalue weighted by molar-refractivity contribution is 0.104. The number of carbonyl (C=O) groups is 1. The third-order valence-corrected chi connectivity index (χ3v) is 4.43. The first kappa shape index (κ1) is 19.3. The van der Waals surface area contributed by atoms with Gasteiger partial charge in [-0.05, 0) is 50.3 Å². The molecule has 2 heterocycles. The highest BCUT2D eigenvalue weighted by Gasteiger charge is 2.11. The molecular formula is C20H18Cl2N2O3. The van der Waals surface area contributed by atoms with Crippen LogP contribution in [0.5, 0.6) is 5.75 Å². The molecule has 0 saturated carbocycles. The van der Waals surface area contributed by atoms with Crippen molar-refractivity contribution in [3.63, 3.8) is 0 Å². The molecule has 7 heteroatoms. The lowest BCUT2D eigenvalue weighted by Gasteiger charge is -2.06. The zero-order chi connectivity index (χ0) is 19.4. The van der Waals surface area contributed by atoms with E-state index < -0.39 is 0 Å². The van der Waals surface area contributed by atoms with Crippen molar-refractivity contribution in [1.82, 2.24) is 9.78 Å². The normalized spacial score (nSPS) is 11.3. The van der Waals surface area contributed by atoms with Crippen molar-refractivity contribution in [2.24, 2.45) is 0 Å². The number of carbonyl (C=O) groups excluding carboxylic acids is 1. The molecule has 5 nitrogen and oxygen atoms in total. The number of benzene rings is 1. The summed E-state index contributed by atoms with van der Waals surface area (Å²) in [6.45, 7) is 4.70. The highest BCUT2D eigenvalue weighted by Crippen LogP contribution is 2.28. The Balaban J connectivity index is 1.63. The number of nitrogens with zero attached hydrogens (tertiary/aromatic N) is 2. The Labute approximate surface area is 167 Å². The Morgan fingerprint density at radius 3 is 2.85 bits per heavy atom. The van der Waals surface area contributed by atoms with E-state index in [9.17, 15) is 4.79 Å². The van der Waals surface area contributed by atoms with E-state index in [0.29, 0.717) is 38.6 Å². The van der Waals surface area contributed by atoms with Crippen LogP contribution in [-0.4, -0.2) is 15.6 Å². The lowest BCUT2D eigenvalue weighted by atomic mass is 10.1. The molecule has 1 aromatic carbocycles. The van der Waals surface area contributed by atoms with Gasteiger partial charge in [0.25, 0.3) is 0 Å². The molecule has 0 N–H and O–H groups in total. The van der Waals surface area contributed by atoms with Gasteiger partial charge < -0.3 is 9.15 Å². The smallest absolute Gasteiger partial charge is 0.189 e. The van der Waals surface area contributed by atoms with E-state index in [1.807, 2.05) is 13.8 Å². The lowest BCUT2D eigenvalue weighted by Crippen LogP contribution is -1.95. The summed E-state index contributed by atoms with van der Waals surface area (Å²) in [5, 5.41) is 5.29. The number of ether oxygens (including phenoxy) is 1. The Kier molecular flexibility index (Phi) is 6.04. The number of rotatable bonds is 7. The van der Waals surface area contributed by atoms with Gasteiger partial charge in [-0.3, -0.25) is 9.48 Å². The Morgan fingerprint density at radius 1 is 1.30 bits per heavy atom. The zero-order valence-corrected chi connectivity index (χ0v) is 16.4. The van der Waals surface area contributed by atoms with E-state index in [-0.39, 0.29) is 12.4 Å². The quantitative estimate of drug-likeness (QED) is 0.380. The summed E-state index contributed by atoms with van der Waals surface area (Å²) >= 11 is 12.0. The van der Waals surface area contributed by atoms with Crippen LogP contribution in [0.1, 0.15) is 34.5 Å². The fourth-order valence-electron chi connectivity index (χ4n) is 2.47. The standard InChI is InChI=1S/C20H18Cl2N2O3/c1-3-24-11-17(13(2)23-24)19(25)9-7-15-5-6-16(27-15)12-26-20-10-14(21)4-8-18(20)22/h4-11H,3,12H2,1-2H3/b9-7+. The van der Waals surface area contributed by atoms with Crippen molar-refractivity contribution in [1.29, 1.82) is 0 Å². The molecule has 0 radical (unpaired) electrons. The molecule has 27 heavy (non-hydrogen) atoms. The summed E-state index contributed by atoms with van der Waals surface area (Å²) in [5.74, 6) is 1.52. The van der Waals surface area contributed by atoms with Crippen molar-refractivity contribution >= 4 is 35.1 Å². The van der Waals surface area contributed by atoms with Crippen LogP contribution in [0.15, 0.2) is 47.0 Å². The first-order valence-corrected chi connectivity index (χ1v) is 9.15. The largest absolute Gasteiger partial charge is 0.484 e. The van der Waals surface area contributed by atoms with E-state index >= 15 is 0 Å². The topological polar surface area (TPSA) is 57.3 Å². The molecule has 140 valence electrons. The van der Waals surface area contributed by atoms with Crippen LogP contribution >= 0.6 is 23.2 Å². The maximum absolute atomic E-state index is 12.3. The van der Waals surface area contributed by atoms with Crippen LogP contribution in [0, 0.1) is 6.92 Å². The van der Waals surface area contributed by atoms with Crippen molar-refractivity contribution < 1.29 is 13.9 Å². The minimum absolute atomic E-state index is 0.118. The first-order valence-electron chi connectivity index (χ1n) is 8.39. The second kappa shape index (κ2) is 8.46. The van der Waals surface area contributed by atoms with Gasteiger partial charge in [0.05, 0.1) is 16.3 Å². The van der Waals surface area contributed by atoms with Crippen LogP contribution in [0.4, 0.5) is 0 Å². The molecule has 0 atom stereocenters. The van der Waals surface area contributed by atoms with E-state index in [2.05, 4.69) is 5.10 Å². The number of aromatic nitrogens is 2. The van der Waals surface area contributed by atoms with E-state index in [1.165, 1.54) is 6.08 Å². The molecule has 0 amide bonds. The molecule has 3 rings (SSSR count). The number of hydrogen-bond acceptors (Lipinski definition) is 4. The van der Waals surface area contributed by atoms with Gasteiger partial charge in [-0.1, -0.05) is 23.2 Å². The molecule has 0 aliphatic carbocycles. The molecular weight excluding hydrogens is 387 g/mol. The fraction of sp³-hybridized carbons (Fsp3) is 0.200. The van der Waals surface area contributed by atoms with Gasteiger partial charge in [-0.15, -0.1) is 0 Å². The van der Waals surface area contributed by atoms with Gasteiger partial charge in [-0.25, -0.2) is 0 Å². The number of halogens is 2. The Bertz CT molecular complexity index is 989. The Morgan fingerprint density at radius 2 is 2.11 bits per heavy atom. The number of furan rings is 1. The minimum atomic E-state index is -0.118. The first-order chi connectivity index (χ1) is 13.0. The van der Waals surface area contributed by atoms with Gasteiger partial charge in [0.15, 0.2) is 5.78 Å². The molecule has 0 bridgehead atoms. The van der Waals surface area contributed by atoms with E-state index in [1.54, 1.807) is 47.3 Å². The van der Waals surface area contributed by atoms with Gasteiger partial charge >= 0.3 is 0 Å². The molecule has 0 aliphatic rings. The highest BCUT2D eigenvalue weighted by atomic mass is 35.5. The summed E-state index contributed by atoms with van der Waals surface area (Å²) in [7, 11) is 0. The number of hydrogen-bond donors (Lipinski definition) is 0. The predicted octanol–water partition coefficient (Wildman–Crippen LogP) is 5.59.